The summed E-state index contributed by atoms with van der Waals surface area (Å²) in [7, 11) is 0. The Hall–Kier alpha value is -1.60. The number of nitrogens with zero attached hydrogens (tertiary/aromatic N) is 5. The normalized spacial score (nSPS) is 16.2. The van der Waals surface area contributed by atoms with E-state index < -0.39 is 0 Å². The molecule has 0 aromatic carbocycles. The lowest BCUT2D eigenvalue weighted by atomic mass is 10.2. The fraction of sp³-hybridized carbons (Fsp3) is 0.357. The highest BCUT2D eigenvalue weighted by Crippen LogP contribution is 2.15. The number of hydrogen-bond acceptors (Lipinski definition) is 5. The van der Waals surface area contributed by atoms with Gasteiger partial charge in [0.1, 0.15) is 5.82 Å². The molecule has 0 amide bonds. The first-order chi connectivity index (χ1) is 10.2. The Balaban J connectivity index is 1.58. The molecule has 1 saturated heterocycles. The van der Waals surface area contributed by atoms with Crippen molar-refractivity contribution in [1.29, 1.82) is 0 Å². The molecular formula is C14H15BrFN5. The lowest BCUT2D eigenvalue weighted by Gasteiger charge is -2.34. The van der Waals surface area contributed by atoms with Gasteiger partial charge in [-0.15, -0.1) is 0 Å². The first-order valence-electron chi connectivity index (χ1n) is 6.75. The number of halogens is 2. The van der Waals surface area contributed by atoms with Crippen LogP contribution in [0.15, 0.2) is 35.3 Å². The van der Waals surface area contributed by atoms with Crippen molar-refractivity contribution in [3.05, 3.63) is 46.7 Å². The molecule has 0 spiro atoms. The lowest BCUT2D eigenvalue weighted by Crippen LogP contribution is -2.46. The maximum Gasteiger partial charge on any atom is 0.225 e. The van der Waals surface area contributed by atoms with Crippen molar-refractivity contribution in [3.63, 3.8) is 0 Å². The zero-order valence-corrected chi connectivity index (χ0v) is 13.0. The van der Waals surface area contributed by atoms with Gasteiger partial charge in [0.15, 0.2) is 0 Å². The minimum absolute atomic E-state index is 0.240. The van der Waals surface area contributed by atoms with Gasteiger partial charge < -0.3 is 4.90 Å². The van der Waals surface area contributed by atoms with E-state index in [1.54, 1.807) is 24.7 Å². The molecule has 21 heavy (non-hydrogen) atoms. The van der Waals surface area contributed by atoms with Crippen LogP contribution in [0.3, 0.4) is 0 Å². The van der Waals surface area contributed by atoms with Gasteiger partial charge in [-0.1, -0.05) is 0 Å². The summed E-state index contributed by atoms with van der Waals surface area (Å²) in [6.07, 6.45) is 6.40. The predicted molar refractivity (Wildman–Crippen MR) is 81.4 cm³/mol. The molecule has 2 aromatic rings. The third-order valence-electron chi connectivity index (χ3n) is 3.51. The van der Waals surface area contributed by atoms with Gasteiger partial charge >= 0.3 is 0 Å². The van der Waals surface area contributed by atoms with Crippen LogP contribution >= 0.6 is 15.9 Å². The Morgan fingerprint density at radius 2 is 1.81 bits per heavy atom. The third-order valence-corrected chi connectivity index (χ3v) is 3.92. The van der Waals surface area contributed by atoms with Gasteiger partial charge in [0, 0.05) is 56.9 Å². The number of anilines is 1. The van der Waals surface area contributed by atoms with E-state index in [0.717, 1.165) is 36.6 Å². The molecule has 0 bridgehead atoms. The SMILES string of the molecule is Fc1cnccc1CN1CCN(c2ncc(Br)cn2)CC1. The maximum atomic E-state index is 13.6. The average Bonchev–Trinajstić information content (AvgIpc) is 2.51. The smallest absolute Gasteiger partial charge is 0.225 e. The third kappa shape index (κ3) is 3.54. The second-order valence-electron chi connectivity index (χ2n) is 4.93. The molecule has 1 aliphatic heterocycles. The number of piperazine rings is 1. The van der Waals surface area contributed by atoms with Gasteiger partial charge in [0.2, 0.25) is 5.95 Å². The summed E-state index contributed by atoms with van der Waals surface area (Å²) in [6, 6.07) is 1.74. The molecule has 1 fully saturated rings. The number of pyridine rings is 1. The number of aromatic nitrogens is 3. The second kappa shape index (κ2) is 6.44. The van der Waals surface area contributed by atoms with Gasteiger partial charge in [-0.05, 0) is 22.0 Å². The molecule has 1 aliphatic rings. The molecule has 0 atom stereocenters. The van der Waals surface area contributed by atoms with E-state index in [1.807, 2.05) is 0 Å². The van der Waals surface area contributed by atoms with E-state index >= 15 is 0 Å². The fourth-order valence-electron chi connectivity index (χ4n) is 2.35. The van der Waals surface area contributed by atoms with Crippen LogP contribution < -0.4 is 4.90 Å². The molecule has 3 heterocycles. The summed E-state index contributed by atoms with van der Waals surface area (Å²) in [4.78, 5) is 16.8. The van der Waals surface area contributed by atoms with Gasteiger partial charge in [0.25, 0.3) is 0 Å². The van der Waals surface area contributed by atoms with Crippen molar-refractivity contribution in [2.75, 3.05) is 31.1 Å². The van der Waals surface area contributed by atoms with E-state index in [4.69, 9.17) is 0 Å². The molecule has 5 nitrogen and oxygen atoms in total. The minimum atomic E-state index is -0.240. The number of rotatable bonds is 3. The standard InChI is InChI=1S/C14H15BrFN5/c15-12-7-18-14(19-8-12)21-5-3-20(4-6-21)10-11-1-2-17-9-13(11)16/h1-2,7-9H,3-6,10H2. The first-order valence-corrected chi connectivity index (χ1v) is 7.55. The van der Waals surface area contributed by atoms with Crippen LogP contribution in [0.4, 0.5) is 10.3 Å². The Kier molecular flexibility index (Phi) is 4.40. The predicted octanol–water partition coefficient (Wildman–Crippen LogP) is 2.10. The molecule has 0 aliphatic carbocycles. The second-order valence-corrected chi connectivity index (χ2v) is 5.85. The molecule has 7 heteroatoms. The lowest BCUT2D eigenvalue weighted by molar-refractivity contribution is 0.245. The van der Waals surface area contributed by atoms with E-state index in [0.29, 0.717) is 12.1 Å². The van der Waals surface area contributed by atoms with Crippen molar-refractivity contribution in [2.45, 2.75) is 6.54 Å². The van der Waals surface area contributed by atoms with Gasteiger partial charge in [-0.2, -0.15) is 0 Å². The van der Waals surface area contributed by atoms with E-state index in [9.17, 15) is 4.39 Å². The van der Waals surface area contributed by atoms with Gasteiger partial charge in [-0.3, -0.25) is 9.88 Å². The highest BCUT2D eigenvalue weighted by atomic mass is 79.9. The summed E-state index contributed by atoms with van der Waals surface area (Å²) in [5.41, 5.74) is 0.693. The molecule has 0 unspecified atom stereocenters. The zero-order chi connectivity index (χ0) is 14.7. The molecular weight excluding hydrogens is 337 g/mol. The zero-order valence-electron chi connectivity index (χ0n) is 11.4. The molecule has 0 radical (unpaired) electrons. The van der Waals surface area contributed by atoms with Crippen LogP contribution in [0.2, 0.25) is 0 Å². The summed E-state index contributed by atoms with van der Waals surface area (Å²) in [5.74, 6) is 0.504. The monoisotopic (exact) mass is 351 g/mol. The summed E-state index contributed by atoms with van der Waals surface area (Å²) >= 11 is 3.33. The van der Waals surface area contributed by atoms with Crippen LogP contribution in [-0.4, -0.2) is 46.0 Å². The highest BCUT2D eigenvalue weighted by Gasteiger charge is 2.19. The molecule has 0 N–H and O–H groups in total. The summed E-state index contributed by atoms with van der Waals surface area (Å²) in [6.45, 7) is 4.02. The molecule has 110 valence electrons. The topological polar surface area (TPSA) is 45.2 Å². The Morgan fingerprint density at radius 1 is 1.10 bits per heavy atom. The molecule has 3 rings (SSSR count). The van der Waals surface area contributed by atoms with E-state index in [2.05, 4.69) is 40.7 Å². The highest BCUT2D eigenvalue weighted by molar-refractivity contribution is 9.10. The Bertz CT molecular complexity index is 599. The van der Waals surface area contributed by atoms with Crippen molar-refractivity contribution in [2.24, 2.45) is 0 Å². The molecule has 0 saturated carbocycles. The minimum Gasteiger partial charge on any atom is -0.338 e. The first kappa shape index (κ1) is 14.3. The number of hydrogen-bond donors (Lipinski definition) is 0. The van der Waals surface area contributed by atoms with E-state index in [-0.39, 0.29) is 5.82 Å². The van der Waals surface area contributed by atoms with Crippen molar-refractivity contribution < 1.29 is 4.39 Å². The fourth-order valence-corrected chi connectivity index (χ4v) is 2.55. The van der Waals surface area contributed by atoms with Crippen LogP contribution in [0.25, 0.3) is 0 Å². The van der Waals surface area contributed by atoms with Crippen LogP contribution in [0, 0.1) is 5.82 Å². The van der Waals surface area contributed by atoms with E-state index in [1.165, 1.54) is 6.20 Å². The van der Waals surface area contributed by atoms with Crippen molar-refractivity contribution in [3.8, 4) is 0 Å². The Labute approximate surface area is 131 Å². The summed E-state index contributed by atoms with van der Waals surface area (Å²) < 4.78 is 14.5. The van der Waals surface area contributed by atoms with Gasteiger partial charge in [-0.25, -0.2) is 14.4 Å². The molecule has 2 aromatic heterocycles. The van der Waals surface area contributed by atoms with Crippen LogP contribution in [-0.2, 0) is 6.54 Å². The van der Waals surface area contributed by atoms with Crippen molar-refractivity contribution >= 4 is 21.9 Å². The van der Waals surface area contributed by atoms with Crippen LogP contribution in [0.5, 0.6) is 0 Å². The maximum absolute atomic E-state index is 13.6. The largest absolute Gasteiger partial charge is 0.338 e. The van der Waals surface area contributed by atoms with Gasteiger partial charge in [0.05, 0.1) is 10.7 Å². The van der Waals surface area contributed by atoms with Crippen molar-refractivity contribution in [1.82, 2.24) is 19.9 Å². The average molecular weight is 352 g/mol. The summed E-state index contributed by atoms with van der Waals surface area (Å²) in [5, 5.41) is 0. The Morgan fingerprint density at radius 3 is 2.48 bits per heavy atom. The quantitative estimate of drug-likeness (QED) is 0.847. The van der Waals surface area contributed by atoms with Crippen LogP contribution in [0.1, 0.15) is 5.56 Å².